The molecule has 0 aromatic carbocycles. The highest BCUT2D eigenvalue weighted by molar-refractivity contribution is 5.88. The zero-order chi connectivity index (χ0) is 14.7. The highest BCUT2D eigenvalue weighted by Crippen LogP contribution is 2.22. The Bertz CT molecular complexity index is 470. The molecule has 0 bridgehead atoms. The number of hydrogen-bond acceptors (Lipinski definition) is 3. The van der Waals surface area contributed by atoms with E-state index < -0.39 is 0 Å². The van der Waals surface area contributed by atoms with E-state index in [-0.39, 0.29) is 18.2 Å². The summed E-state index contributed by atoms with van der Waals surface area (Å²) in [7, 11) is 1.83. The van der Waals surface area contributed by atoms with Gasteiger partial charge in [0.1, 0.15) is 5.82 Å². The fraction of sp³-hybridized carbons (Fsp3) is 0.714. The molecule has 1 aromatic heterocycles. The molecule has 6 heteroatoms. The van der Waals surface area contributed by atoms with E-state index in [2.05, 4.69) is 10.4 Å². The summed E-state index contributed by atoms with van der Waals surface area (Å²) in [4.78, 5) is 14.2. The summed E-state index contributed by atoms with van der Waals surface area (Å²) >= 11 is 0. The Labute approximate surface area is 119 Å². The molecule has 112 valence electrons. The van der Waals surface area contributed by atoms with E-state index in [4.69, 9.17) is 0 Å². The van der Waals surface area contributed by atoms with Crippen LogP contribution in [0.25, 0.3) is 0 Å². The lowest BCUT2D eigenvalue weighted by Gasteiger charge is -2.25. The van der Waals surface area contributed by atoms with Crippen LogP contribution in [0.2, 0.25) is 0 Å². The number of nitrogens with zero attached hydrogens (tertiary/aromatic N) is 3. The van der Waals surface area contributed by atoms with Crippen LogP contribution in [0.1, 0.15) is 38.8 Å². The van der Waals surface area contributed by atoms with Crippen molar-refractivity contribution in [3.63, 3.8) is 0 Å². The van der Waals surface area contributed by atoms with Gasteiger partial charge in [0, 0.05) is 25.7 Å². The smallest absolute Gasteiger partial charge is 0.323 e. The van der Waals surface area contributed by atoms with Gasteiger partial charge in [-0.3, -0.25) is 10.00 Å². The van der Waals surface area contributed by atoms with E-state index in [0.717, 1.165) is 37.3 Å². The maximum Gasteiger partial charge on any atom is 0.323 e. The number of nitrogens with one attached hydrogen (secondary N) is 1. The predicted octanol–water partition coefficient (Wildman–Crippen LogP) is 1.75. The average Bonchev–Trinajstić information content (AvgIpc) is 2.96. The minimum Gasteiger partial charge on any atom is -0.393 e. The monoisotopic (exact) mass is 280 g/mol. The Balaban J connectivity index is 2.01. The van der Waals surface area contributed by atoms with Gasteiger partial charge in [0.05, 0.1) is 11.8 Å². The Morgan fingerprint density at radius 2 is 2.40 bits per heavy atom. The van der Waals surface area contributed by atoms with E-state index in [9.17, 15) is 9.90 Å². The van der Waals surface area contributed by atoms with Crippen molar-refractivity contribution in [1.82, 2.24) is 14.7 Å². The van der Waals surface area contributed by atoms with Gasteiger partial charge in [-0.15, -0.1) is 0 Å². The normalized spacial score (nSPS) is 20.2. The summed E-state index contributed by atoms with van der Waals surface area (Å²) in [6, 6.07) is 1.94. The number of anilines is 1. The summed E-state index contributed by atoms with van der Waals surface area (Å²) in [6.45, 7) is 4.55. The molecule has 2 unspecified atom stereocenters. The molecule has 0 radical (unpaired) electrons. The second kappa shape index (κ2) is 6.26. The number of carbonyl (C=O) groups excluding carboxylic acids is 1. The quantitative estimate of drug-likeness (QED) is 0.882. The number of aliphatic hydroxyl groups is 1. The number of urea groups is 1. The van der Waals surface area contributed by atoms with Gasteiger partial charge in [-0.1, -0.05) is 6.92 Å². The van der Waals surface area contributed by atoms with Crippen molar-refractivity contribution in [3.8, 4) is 0 Å². The first-order valence-corrected chi connectivity index (χ1v) is 7.29. The van der Waals surface area contributed by atoms with E-state index in [1.165, 1.54) is 0 Å². The molecule has 1 aliphatic rings. The van der Waals surface area contributed by atoms with E-state index >= 15 is 0 Å². The molecule has 0 spiro atoms. The van der Waals surface area contributed by atoms with E-state index in [1.807, 2.05) is 24.9 Å². The summed E-state index contributed by atoms with van der Waals surface area (Å²) < 4.78 is 1.69. The van der Waals surface area contributed by atoms with E-state index in [1.54, 1.807) is 11.6 Å². The first-order valence-electron chi connectivity index (χ1n) is 7.29. The number of amides is 2. The molecule has 20 heavy (non-hydrogen) atoms. The van der Waals surface area contributed by atoms with Crippen LogP contribution in [0.15, 0.2) is 6.07 Å². The molecular weight excluding hydrogens is 256 g/mol. The van der Waals surface area contributed by atoms with Crippen molar-refractivity contribution in [1.29, 1.82) is 0 Å². The highest BCUT2D eigenvalue weighted by atomic mass is 16.3. The SMILES string of the molecule is CCc1cc(NC(=O)N2CCCC2CC(C)O)n(C)n1. The van der Waals surface area contributed by atoms with E-state index in [0.29, 0.717) is 6.42 Å². The Morgan fingerprint density at radius 3 is 3.00 bits per heavy atom. The molecule has 0 saturated carbocycles. The molecule has 2 N–H and O–H groups in total. The number of rotatable bonds is 4. The molecule has 2 amide bonds. The predicted molar refractivity (Wildman–Crippen MR) is 77.6 cm³/mol. The van der Waals surface area contributed by atoms with Crippen LogP contribution in [-0.2, 0) is 13.5 Å². The largest absolute Gasteiger partial charge is 0.393 e. The fourth-order valence-corrected chi connectivity index (χ4v) is 2.74. The molecule has 2 rings (SSSR count). The van der Waals surface area contributed by atoms with Gasteiger partial charge in [0.25, 0.3) is 0 Å². The third-order valence-electron chi connectivity index (χ3n) is 3.78. The van der Waals surface area contributed by atoms with Gasteiger partial charge < -0.3 is 10.0 Å². The zero-order valence-electron chi connectivity index (χ0n) is 12.5. The van der Waals surface area contributed by atoms with Gasteiger partial charge in [0.2, 0.25) is 0 Å². The molecule has 2 atom stereocenters. The second-order valence-corrected chi connectivity index (χ2v) is 5.50. The number of aromatic nitrogens is 2. The Morgan fingerprint density at radius 1 is 1.65 bits per heavy atom. The summed E-state index contributed by atoms with van der Waals surface area (Å²) in [6.07, 6.45) is 3.06. The standard InChI is InChI=1S/C14H24N4O2/c1-4-11-9-13(17(3)16-11)15-14(20)18-7-5-6-12(18)8-10(2)19/h9-10,12,19H,4-8H2,1-3H3,(H,15,20). The van der Waals surface area contributed by atoms with Crippen LogP contribution >= 0.6 is 0 Å². The van der Waals surface area contributed by atoms with Crippen LogP contribution in [0.3, 0.4) is 0 Å². The lowest BCUT2D eigenvalue weighted by molar-refractivity contribution is 0.142. The molecule has 2 heterocycles. The maximum absolute atomic E-state index is 12.3. The fourth-order valence-electron chi connectivity index (χ4n) is 2.74. The van der Waals surface area contributed by atoms with Gasteiger partial charge >= 0.3 is 6.03 Å². The summed E-state index contributed by atoms with van der Waals surface area (Å²) in [5.41, 5.74) is 0.963. The van der Waals surface area contributed by atoms with Crippen LogP contribution in [0, 0.1) is 0 Å². The number of likely N-dealkylation sites (tertiary alicyclic amines) is 1. The first-order chi connectivity index (χ1) is 9.51. The van der Waals surface area contributed by atoms with Crippen LogP contribution in [0.4, 0.5) is 10.6 Å². The Hall–Kier alpha value is -1.56. The molecule has 1 saturated heterocycles. The first kappa shape index (κ1) is 14.8. The van der Waals surface area contributed by atoms with Crippen molar-refractivity contribution in [3.05, 3.63) is 11.8 Å². The second-order valence-electron chi connectivity index (χ2n) is 5.50. The molecule has 1 aliphatic heterocycles. The van der Waals surface area contributed by atoms with Crippen molar-refractivity contribution in [2.45, 2.75) is 51.7 Å². The van der Waals surface area contributed by atoms with Crippen LogP contribution < -0.4 is 5.32 Å². The highest BCUT2D eigenvalue weighted by Gasteiger charge is 2.29. The van der Waals surface area contributed by atoms with Crippen molar-refractivity contribution in [2.24, 2.45) is 7.05 Å². The third-order valence-corrected chi connectivity index (χ3v) is 3.78. The van der Waals surface area contributed by atoms with Crippen molar-refractivity contribution < 1.29 is 9.90 Å². The number of aliphatic hydroxyl groups excluding tert-OH is 1. The van der Waals surface area contributed by atoms with Crippen molar-refractivity contribution >= 4 is 11.8 Å². The summed E-state index contributed by atoms with van der Waals surface area (Å²) in [5.74, 6) is 0.717. The van der Waals surface area contributed by atoms with Crippen LogP contribution in [-0.4, -0.2) is 44.5 Å². The number of hydrogen-bond donors (Lipinski definition) is 2. The molecule has 1 aromatic rings. The van der Waals surface area contributed by atoms with Gasteiger partial charge in [-0.2, -0.15) is 5.10 Å². The molecule has 0 aliphatic carbocycles. The third kappa shape index (κ3) is 3.30. The minimum atomic E-state index is -0.378. The maximum atomic E-state index is 12.3. The van der Waals surface area contributed by atoms with Crippen LogP contribution in [0.5, 0.6) is 0 Å². The van der Waals surface area contributed by atoms with Gasteiger partial charge in [-0.05, 0) is 32.6 Å². The average molecular weight is 280 g/mol. The number of aryl methyl sites for hydroxylation is 2. The summed E-state index contributed by atoms with van der Waals surface area (Å²) in [5, 5.41) is 16.7. The molecule has 1 fully saturated rings. The lowest BCUT2D eigenvalue weighted by Crippen LogP contribution is -2.40. The Kier molecular flexibility index (Phi) is 4.65. The molecule has 6 nitrogen and oxygen atoms in total. The topological polar surface area (TPSA) is 70.4 Å². The van der Waals surface area contributed by atoms with Gasteiger partial charge in [0.15, 0.2) is 0 Å². The van der Waals surface area contributed by atoms with Gasteiger partial charge in [-0.25, -0.2) is 4.79 Å². The minimum absolute atomic E-state index is 0.0983. The molecular formula is C14H24N4O2. The number of carbonyl (C=O) groups is 1. The zero-order valence-corrected chi connectivity index (χ0v) is 12.5. The lowest BCUT2D eigenvalue weighted by atomic mass is 10.1. The van der Waals surface area contributed by atoms with Crippen molar-refractivity contribution in [2.75, 3.05) is 11.9 Å².